The van der Waals surface area contributed by atoms with Crippen molar-refractivity contribution in [3.63, 3.8) is 0 Å². The van der Waals surface area contributed by atoms with E-state index in [1.54, 1.807) is 7.11 Å². The smallest absolute Gasteiger partial charge is 0.201 e. The maximum atomic E-state index is 14.4. The summed E-state index contributed by atoms with van der Waals surface area (Å²) in [7, 11) is 3.75. The Morgan fingerprint density at radius 2 is 1.81 bits per heavy atom. The number of ether oxygens (including phenoxy) is 1. The summed E-state index contributed by atoms with van der Waals surface area (Å²) in [6.45, 7) is 4.43. The summed E-state index contributed by atoms with van der Waals surface area (Å²) in [6.07, 6.45) is 4.27. The number of aliphatic imine (C=N–C) groups is 1. The number of nitrogens with zero attached hydrogens (tertiary/aromatic N) is 4. The molecule has 6 heteroatoms. The normalized spacial score (nSPS) is 20.8. The van der Waals surface area contributed by atoms with Crippen LogP contribution in [0.3, 0.4) is 0 Å². The Balaban J connectivity index is 1.50. The molecule has 2 heterocycles. The molecule has 0 amide bonds. The van der Waals surface area contributed by atoms with Gasteiger partial charge in [-0.15, -0.1) is 0 Å². The summed E-state index contributed by atoms with van der Waals surface area (Å²) in [4.78, 5) is 11.6. The number of hydrogen-bond acceptors (Lipinski definition) is 5. The Morgan fingerprint density at radius 3 is 2.59 bits per heavy atom. The number of methoxy groups -OCH3 is 1. The molecule has 2 aliphatic heterocycles. The third-order valence-electron chi connectivity index (χ3n) is 5.57. The van der Waals surface area contributed by atoms with E-state index in [1.165, 1.54) is 5.69 Å². The van der Waals surface area contributed by atoms with E-state index in [9.17, 15) is 4.39 Å². The van der Waals surface area contributed by atoms with Gasteiger partial charge in [-0.05, 0) is 30.5 Å². The van der Waals surface area contributed by atoms with Crippen molar-refractivity contribution in [2.45, 2.75) is 19.3 Å². The molecule has 0 unspecified atom stereocenters. The summed E-state index contributed by atoms with van der Waals surface area (Å²) < 4.78 is 19.7. The van der Waals surface area contributed by atoms with E-state index in [-0.39, 0.29) is 5.83 Å². The molecular weight excluding hydrogens is 343 g/mol. The van der Waals surface area contributed by atoms with Crippen LogP contribution in [0.25, 0.3) is 0 Å². The predicted molar refractivity (Wildman–Crippen MR) is 107 cm³/mol. The van der Waals surface area contributed by atoms with Gasteiger partial charge in [-0.25, -0.2) is 9.38 Å². The molecule has 0 radical (unpaired) electrons. The van der Waals surface area contributed by atoms with Gasteiger partial charge in [0, 0.05) is 57.9 Å². The minimum atomic E-state index is -0.0599. The van der Waals surface area contributed by atoms with Gasteiger partial charge in [0.05, 0.1) is 7.11 Å². The van der Waals surface area contributed by atoms with Gasteiger partial charge in [0.1, 0.15) is 17.3 Å². The minimum absolute atomic E-state index is 0.0599. The Morgan fingerprint density at radius 1 is 1.04 bits per heavy atom. The number of hydrogen-bond donors (Lipinski definition) is 0. The van der Waals surface area contributed by atoms with Gasteiger partial charge in [-0.3, -0.25) is 0 Å². The lowest BCUT2D eigenvalue weighted by molar-refractivity contribution is 0.329. The Hall–Kier alpha value is -2.50. The number of anilines is 1. The first-order chi connectivity index (χ1) is 13.2. The molecule has 3 aliphatic rings. The van der Waals surface area contributed by atoms with Crippen LogP contribution in [0.2, 0.25) is 0 Å². The van der Waals surface area contributed by atoms with Crippen molar-refractivity contribution >= 4 is 11.6 Å². The van der Waals surface area contributed by atoms with Crippen LogP contribution in [-0.4, -0.2) is 62.6 Å². The molecule has 1 aromatic rings. The Bertz CT molecular complexity index is 793. The highest BCUT2D eigenvalue weighted by Crippen LogP contribution is 2.32. The zero-order valence-electron chi connectivity index (χ0n) is 16.1. The first-order valence-electron chi connectivity index (χ1n) is 9.67. The first-order valence-corrected chi connectivity index (χ1v) is 9.67. The molecule has 0 bridgehead atoms. The van der Waals surface area contributed by atoms with Gasteiger partial charge < -0.3 is 19.4 Å². The van der Waals surface area contributed by atoms with E-state index in [4.69, 9.17) is 9.73 Å². The zero-order valence-corrected chi connectivity index (χ0v) is 16.1. The lowest BCUT2D eigenvalue weighted by atomic mass is 10.0. The molecule has 0 aromatic heterocycles. The highest BCUT2D eigenvalue weighted by atomic mass is 19.1. The third kappa shape index (κ3) is 3.66. The van der Waals surface area contributed by atoms with Gasteiger partial charge in [-0.2, -0.15) is 0 Å². The summed E-state index contributed by atoms with van der Waals surface area (Å²) in [6, 6.07) is 8.18. The molecule has 1 aliphatic carbocycles. The predicted octanol–water partition coefficient (Wildman–Crippen LogP) is 3.41. The molecule has 0 saturated carbocycles. The molecule has 1 saturated heterocycles. The average Bonchev–Trinajstić information content (AvgIpc) is 2.88. The maximum Gasteiger partial charge on any atom is 0.201 e. The van der Waals surface area contributed by atoms with Gasteiger partial charge in [-0.1, -0.05) is 12.1 Å². The van der Waals surface area contributed by atoms with Crippen molar-refractivity contribution < 1.29 is 9.13 Å². The van der Waals surface area contributed by atoms with Crippen LogP contribution in [0.4, 0.5) is 10.1 Å². The molecule has 1 aromatic carbocycles. The van der Waals surface area contributed by atoms with E-state index in [2.05, 4.69) is 40.0 Å². The number of halogens is 1. The third-order valence-corrected chi connectivity index (χ3v) is 5.57. The number of piperazine rings is 1. The zero-order chi connectivity index (χ0) is 18.8. The minimum Gasteiger partial charge on any atom is -0.497 e. The second-order valence-corrected chi connectivity index (χ2v) is 7.28. The molecule has 1 fully saturated rings. The summed E-state index contributed by atoms with van der Waals surface area (Å²) in [5, 5.41) is 0. The number of rotatable bonds is 2. The topological polar surface area (TPSA) is 31.3 Å². The van der Waals surface area contributed by atoms with Crippen LogP contribution in [0.5, 0.6) is 5.75 Å². The van der Waals surface area contributed by atoms with Gasteiger partial charge in [0.15, 0.2) is 0 Å². The van der Waals surface area contributed by atoms with Crippen LogP contribution in [0.1, 0.15) is 19.3 Å². The van der Waals surface area contributed by atoms with E-state index >= 15 is 0 Å². The molecule has 4 rings (SSSR count). The molecule has 0 N–H and O–H groups in total. The fourth-order valence-corrected chi connectivity index (χ4v) is 3.97. The SMILES string of the molecule is COc1cccc(N2CCN(C3=NC4=C(F)CCC=C4CCN3C)CC2)c1. The molecule has 27 heavy (non-hydrogen) atoms. The summed E-state index contributed by atoms with van der Waals surface area (Å²) in [5.74, 6) is 1.72. The van der Waals surface area contributed by atoms with Crippen molar-refractivity contribution in [1.82, 2.24) is 9.80 Å². The van der Waals surface area contributed by atoms with Crippen molar-refractivity contribution in [3.05, 3.63) is 47.4 Å². The molecule has 5 nitrogen and oxygen atoms in total. The summed E-state index contributed by atoms with van der Waals surface area (Å²) >= 11 is 0. The van der Waals surface area contributed by atoms with Crippen molar-refractivity contribution in [3.8, 4) is 5.75 Å². The first kappa shape index (κ1) is 17.9. The summed E-state index contributed by atoms with van der Waals surface area (Å²) in [5.41, 5.74) is 2.82. The van der Waals surface area contributed by atoms with Crippen LogP contribution in [0.15, 0.2) is 52.4 Å². The second kappa shape index (κ2) is 7.62. The maximum absolute atomic E-state index is 14.4. The number of fused-ring (bicyclic) bond motifs is 1. The van der Waals surface area contributed by atoms with Crippen molar-refractivity contribution in [2.24, 2.45) is 4.99 Å². The molecule has 0 atom stereocenters. The highest BCUT2D eigenvalue weighted by Gasteiger charge is 2.27. The number of allylic oxidation sites excluding steroid dienone is 3. The molecule has 0 spiro atoms. The van der Waals surface area contributed by atoms with Crippen LogP contribution >= 0.6 is 0 Å². The van der Waals surface area contributed by atoms with Gasteiger partial charge >= 0.3 is 0 Å². The van der Waals surface area contributed by atoms with Crippen LogP contribution in [-0.2, 0) is 0 Å². The second-order valence-electron chi connectivity index (χ2n) is 7.28. The fraction of sp³-hybridized carbons (Fsp3) is 0.476. The Labute approximate surface area is 160 Å². The lowest BCUT2D eigenvalue weighted by Gasteiger charge is -2.39. The van der Waals surface area contributed by atoms with E-state index < -0.39 is 0 Å². The molecule has 144 valence electrons. The quantitative estimate of drug-likeness (QED) is 0.798. The van der Waals surface area contributed by atoms with E-state index in [1.807, 2.05) is 12.1 Å². The van der Waals surface area contributed by atoms with Crippen LogP contribution < -0.4 is 9.64 Å². The van der Waals surface area contributed by atoms with E-state index in [0.717, 1.165) is 62.8 Å². The fourth-order valence-electron chi connectivity index (χ4n) is 3.97. The number of guanidine groups is 1. The highest BCUT2D eigenvalue weighted by molar-refractivity contribution is 5.82. The largest absolute Gasteiger partial charge is 0.497 e. The van der Waals surface area contributed by atoms with Gasteiger partial charge in [0.2, 0.25) is 5.96 Å². The van der Waals surface area contributed by atoms with Crippen molar-refractivity contribution in [2.75, 3.05) is 51.8 Å². The monoisotopic (exact) mass is 370 g/mol. The standard InChI is InChI=1S/C21H27FN4O/c1-24-10-9-16-5-3-8-19(22)20(16)23-21(24)26-13-11-25(12-14-26)17-6-4-7-18(15-17)27-2/h4-7,15H,3,8-14H2,1-2H3. The van der Waals surface area contributed by atoms with E-state index in [0.29, 0.717) is 12.1 Å². The average molecular weight is 370 g/mol. The van der Waals surface area contributed by atoms with Crippen molar-refractivity contribution in [1.29, 1.82) is 0 Å². The number of benzene rings is 1. The lowest BCUT2D eigenvalue weighted by Crippen LogP contribution is -2.52. The van der Waals surface area contributed by atoms with Gasteiger partial charge in [0.25, 0.3) is 0 Å². The van der Waals surface area contributed by atoms with Crippen LogP contribution in [0, 0.1) is 0 Å². The molecular formula is C21H27FN4O. The Kier molecular flexibility index (Phi) is 5.05.